The minimum atomic E-state index is -0.784. The van der Waals surface area contributed by atoms with Gasteiger partial charge in [-0.15, -0.1) is 0 Å². The van der Waals surface area contributed by atoms with Gasteiger partial charge in [-0.2, -0.15) is 0 Å². The summed E-state index contributed by atoms with van der Waals surface area (Å²) in [6.45, 7) is 1.47. The van der Waals surface area contributed by atoms with Gasteiger partial charge in [0.05, 0.1) is 16.7 Å². The predicted octanol–water partition coefficient (Wildman–Crippen LogP) is 1.59. The number of carbonyl (C=O) groups excluding carboxylic acids is 2. The van der Waals surface area contributed by atoms with Crippen LogP contribution in [0, 0.1) is 6.92 Å². The Morgan fingerprint density at radius 2 is 1.38 bits per heavy atom. The van der Waals surface area contributed by atoms with E-state index in [0.29, 0.717) is 0 Å². The lowest BCUT2D eigenvalue weighted by molar-refractivity contribution is 0.0971. The summed E-state index contributed by atoms with van der Waals surface area (Å²) in [6, 6.07) is 3.14. The number of phenolic OH excluding ortho intramolecular Hbond substituents is 4. The van der Waals surface area contributed by atoms with Gasteiger partial charge in [0.2, 0.25) is 5.78 Å². The first kappa shape index (κ1) is 13.0. The number of hydrogen-bond acceptors (Lipinski definition) is 6. The Balaban J connectivity index is 2.44. The van der Waals surface area contributed by atoms with Crippen molar-refractivity contribution in [1.82, 2.24) is 0 Å². The van der Waals surface area contributed by atoms with E-state index in [9.17, 15) is 30.0 Å². The van der Waals surface area contributed by atoms with Gasteiger partial charge < -0.3 is 20.4 Å². The van der Waals surface area contributed by atoms with Crippen molar-refractivity contribution < 1.29 is 30.0 Å². The molecule has 2 aromatic rings. The van der Waals surface area contributed by atoms with Crippen molar-refractivity contribution in [3.63, 3.8) is 0 Å². The van der Waals surface area contributed by atoms with Crippen molar-refractivity contribution in [2.24, 2.45) is 0 Å². The molecule has 0 bridgehead atoms. The molecule has 2 aromatic carbocycles. The minimum Gasteiger partial charge on any atom is -0.508 e. The van der Waals surface area contributed by atoms with Crippen LogP contribution < -0.4 is 0 Å². The molecule has 6 heteroatoms. The van der Waals surface area contributed by atoms with Crippen LogP contribution in [0.15, 0.2) is 18.2 Å². The van der Waals surface area contributed by atoms with Crippen molar-refractivity contribution in [3.05, 3.63) is 46.0 Å². The zero-order chi connectivity index (χ0) is 15.5. The Kier molecular flexibility index (Phi) is 2.47. The summed E-state index contributed by atoms with van der Waals surface area (Å²) in [5.41, 5.74) is -0.963. The number of fused-ring (bicyclic) bond motifs is 2. The Bertz CT molecular complexity index is 835. The molecule has 21 heavy (non-hydrogen) atoms. The fourth-order valence-electron chi connectivity index (χ4n) is 2.53. The summed E-state index contributed by atoms with van der Waals surface area (Å²) in [5.74, 6) is -3.33. The molecule has 1 aliphatic rings. The predicted molar refractivity (Wildman–Crippen MR) is 71.1 cm³/mol. The average Bonchev–Trinajstić information content (AvgIpc) is 2.39. The van der Waals surface area contributed by atoms with Crippen LogP contribution in [-0.4, -0.2) is 32.0 Å². The molecular formula is C15H10O6. The van der Waals surface area contributed by atoms with Gasteiger partial charge in [-0.3, -0.25) is 9.59 Å². The fraction of sp³-hybridized carbons (Fsp3) is 0.0667. The molecule has 0 saturated carbocycles. The molecular weight excluding hydrogens is 276 g/mol. The molecule has 0 spiro atoms. The quantitative estimate of drug-likeness (QED) is 0.466. The van der Waals surface area contributed by atoms with Crippen LogP contribution in [0.2, 0.25) is 0 Å². The first-order chi connectivity index (χ1) is 9.82. The first-order valence-corrected chi connectivity index (χ1v) is 6.03. The normalized spacial score (nSPS) is 13.0. The van der Waals surface area contributed by atoms with E-state index in [0.717, 1.165) is 12.1 Å². The summed E-state index contributed by atoms with van der Waals surface area (Å²) in [5, 5.41) is 39.2. The van der Waals surface area contributed by atoms with Crippen LogP contribution in [0.25, 0.3) is 0 Å². The highest BCUT2D eigenvalue weighted by atomic mass is 16.3. The molecule has 0 aromatic heterocycles. The number of ketones is 2. The lowest BCUT2D eigenvalue weighted by Gasteiger charge is -2.21. The van der Waals surface area contributed by atoms with Crippen LogP contribution in [-0.2, 0) is 0 Å². The third kappa shape index (κ3) is 1.59. The summed E-state index contributed by atoms with van der Waals surface area (Å²) < 4.78 is 0. The van der Waals surface area contributed by atoms with E-state index in [1.807, 2.05) is 0 Å². The van der Waals surface area contributed by atoms with Crippen molar-refractivity contribution in [1.29, 1.82) is 0 Å². The van der Waals surface area contributed by atoms with Gasteiger partial charge in [0, 0.05) is 11.6 Å². The SMILES string of the molecule is Cc1cc(O)c2c(c1O)C(=O)c1c(O)cc(O)cc1C2=O. The third-order valence-corrected chi connectivity index (χ3v) is 3.50. The molecule has 0 saturated heterocycles. The van der Waals surface area contributed by atoms with Crippen molar-refractivity contribution in [2.75, 3.05) is 0 Å². The van der Waals surface area contributed by atoms with Gasteiger partial charge in [0.15, 0.2) is 5.78 Å². The number of rotatable bonds is 0. The van der Waals surface area contributed by atoms with E-state index in [2.05, 4.69) is 0 Å². The Hall–Kier alpha value is -3.02. The van der Waals surface area contributed by atoms with Crippen LogP contribution in [0.1, 0.15) is 37.4 Å². The fourth-order valence-corrected chi connectivity index (χ4v) is 2.53. The molecule has 1 aliphatic carbocycles. The highest BCUT2D eigenvalue weighted by Crippen LogP contribution is 2.42. The molecule has 0 heterocycles. The van der Waals surface area contributed by atoms with Crippen molar-refractivity contribution in [3.8, 4) is 23.0 Å². The molecule has 106 valence electrons. The van der Waals surface area contributed by atoms with Crippen molar-refractivity contribution >= 4 is 11.6 Å². The second-order valence-electron chi connectivity index (χ2n) is 4.86. The van der Waals surface area contributed by atoms with Gasteiger partial charge in [0.25, 0.3) is 0 Å². The standard InChI is InChI=1S/C15H10O6/c1-5-2-8(17)11-12(13(5)19)15(21)10-7(14(11)20)3-6(16)4-9(10)18/h2-4,16-19H,1H3. The monoisotopic (exact) mass is 286 g/mol. The van der Waals surface area contributed by atoms with E-state index in [4.69, 9.17) is 0 Å². The average molecular weight is 286 g/mol. The maximum Gasteiger partial charge on any atom is 0.202 e. The van der Waals surface area contributed by atoms with Crippen molar-refractivity contribution in [2.45, 2.75) is 6.92 Å². The highest BCUT2D eigenvalue weighted by molar-refractivity contribution is 6.31. The molecule has 0 atom stereocenters. The topological polar surface area (TPSA) is 115 Å². The smallest absolute Gasteiger partial charge is 0.202 e. The van der Waals surface area contributed by atoms with Crippen LogP contribution in [0.4, 0.5) is 0 Å². The molecule has 0 radical (unpaired) electrons. The third-order valence-electron chi connectivity index (χ3n) is 3.50. The van der Waals surface area contributed by atoms with E-state index < -0.39 is 28.8 Å². The highest BCUT2D eigenvalue weighted by Gasteiger charge is 2.37. The second kappa shape index (κ2) is 3.99. The maximum atomic E-state index is 12.4. The largest absolute Gasteiger partial charge is 0.508 e. The Morgan fingerprint density at radius 1 is 0.762 bits per heavy atom. The molecule has 3 rings (SSSR count). The van der Waals surface area contributed by atoms with E-state index >= 15 is 0 Å². The summed E-state index contributed by atoms with van der Waals surface area (Å²) in [7, 11) is 0. The summed E-state index contributed by atoms with van der Waals surface area (Å²) in [6.07, 6.45) is 0. The second-order valence-corrected chi connectivity index (χ2v) is 4.86. The lowest BCUT2D eigenvalue weighted by Crippen LogP contribution is -2.21. The van der Waals surface area contributed by atoms with E-state index in [-0.39, 0.29) is 33.6 Å². The molecule has 0 unspecified atom stereocenters. The van der Waals surface area contributed by atoms with Gasteiger partial charge in [0.1, 0.15) is 23.0 Å². The van der Waals surface area contributed by atoms with Gasteiger partial charge >= 0.3 is 0 Å². The number of phenols is 4. The van der Waals surface area contributed by atoms with Gasteiger partial charge in [-0.25, -0.2) is 0 Å². The zero-order valence-corrected chi connectivity index (χ0v) is 10.8. The summed E-state index contributed by atoms with van der Waals surface area (Å²) >= 11 is 0. The number of aryl methyl sites for hydroxylation is 1. The zero-order valence-electron chi connectivity index (χ0n) is 10.8. The molecule has 0 amide bonds. The van der Waals surface area contributed by atoms with Gasteiger partial charge in [-0.1, -0.05) is 0 Å². The van der Waals surface area contributed by atoms with Gasteiger partial charge in [-0.05, 0) is 24.6 Å². The lowest BCUT2D eigenvalue weighted by atomic mass is 9.81. The van der Waals surface area contributed by atoms with E-state index in [1.54, 1.807) is 0 Å². The molecule has 0 aliphatic heterocycles. The maximum absolute atomic E-state index is 12.4. The first-order valence-electron chi connectivity index (χ1n) is 6.03. The Labute approximate surface area is 118 Å². The number of hydrogen-bond donors (Lipinski definition) is 4. The molecule has 0 fully saturated rings. The number of benzene rings is 2. The van der Waals surface area contributed by atoms with E-state index in [1.165, 1.54) is 13.0 Å². The van der Waals surface area contributed by atoms with Crippen LogP contribution >= 0.6 is 0 Å². The summed E-state index contributed by atoms with van der Waals surface area (Å²) in [4.78, 5) is 24.8. The van der Waals surface area contributed by atoms with Crippen LogP contribution in [0.3, 0.4) is 0 Å². The minimum absolute atomic E-state index is 0.219. The molecule has 6 nitrogen and oxygen atoms in total. The number of aromatic hydroxyl groups is 4. The van der Waals surface area contributed by atoms with Crippen LogP contribution in [0.5, 0.6) is 23.0 Å². The number of carbonyl (C=O) groups is 2. The Morgan fingerprint density at radius 3 is 2.05 bits per heavy atom. The molecule has 4 N–H and O–H groups in total.